The summed E-state index contributed by atoms with van der Waals surface area (Å²) in [4.78, 5) is 13.0. The first-order valence-electron chi connectivity index (χ1n) is 10.5. The van der Waals surface area contributed by atoms with Crippen LogP contribution in [0.25, 0.3) is 0 Å². The summed E-state index contributed by atoms with van der Waals surface area (Å²) in [5, 5.41) is 2.75. The molecule has 3 aromatic rings. The van der Waals surface area contributed by atoms with Crippen molar-refractivity contribution in [3.63, 3.8) is 0 Å². The smallest absolute Gasteiger partial charge is 0.291 e. The number of rotatable bonds is 11. The second-order valence-electron chi connectivity index (χ2n) is 7.16. The van der Waals surface area contributed by atoms with Crippen LogP contribution in [-0.2, 0) is 15.6 Å². The zero-order valence-corrected chi connectivity index (χ0v) is 19.0. The van der Waals surface area contributed by atoms with Crippen molar-refractivity contribution >= 4 is 21.4 Å². The van der Waals surface area contributed by atoms with Crippen molar-refractivity contribution in [3.05, 3.63) is 72.2 Å². The van der Waals surface area contributed by atoms with E-state index in [4.69, 9.17) is 13.9 Å². The van der Waals surface area contributed by atoms with E-state index in [1.165, 1.54) is 24.5 Å². The third kappa shape index (κ3) is 5.91. The molecule has 0 saturated carbocycles. The number of anilines is 1. The molecule has 7 nitrogen and oxygen atoms in total. The number of carbonyl (C=O) groups is 1. The van der Waals surface area contributed by atoms with Crippen LogP contribution in [-0.4, -0.2) is 27.5 Å². The topological polar surface area (TPSA) is 94.8 Å². The minimum Gasteiger partial charge on any atom is -0.490 e. The van der Waals surface area contributed by atoms with Crippen molar-refractivity contribution in [3.8, 4) is 11.5 Å². The average molecular weight is 458 g/mol. The Hall–Kier alpha value is -3.26. The number of hydrogen-bond donors (Lipinski definition) is 1. The predicted octanol–water partition coefficient (Wildman–Crippen LogP) is 5.08. The van der Waals surface area contributed by atoms with Gasteiger partial charge in [-0.15, -0.1) is 0 Å². The first-order valence-corrected chi connectivity index (χ1v) is 12.1. The monoisotopic (exact) mass is 457 g/mol. The zero-order chi connectivity index (χ0) is 23.0. The Morgan fingerprint density at radius 1 is 0.938 bits per heavy atom. The number of sulfone groups is 1. The molecule has 0 bridgehead atoms. The van der Waals surface area contributed by atoms with E-state index in [0.717, 1.165) is 12.8 Å². The molecule has 32 heavy (non-hydrogen) atoms. The van der Waals surface area contributed by atoms with Crippen LogP contribution >= 0.6 is 0 Å². The van der Waals surface area contributed by atoms with Crippen molar-refractivity contribution in [1.29, 1.82) is 0 Å². The van der Waals surface area contributed by atoms with Crippen molar-refractivity contribution in [2.24, 2.45) is 0 Å². The fraction of sp³-hybridized carbons (Fsp3) is 0.292. The normalized spacial score (nSPS) is 11.2. The van der Waals surface area contributed by atoms with E-state index in [-0.39, 0.29) is 22.0 Å². The van der Waals surface area contributed by atoms with Crippen LogP contribution in [0, 0.1) is 0 Å². The van der Waals surface area contributed by atoms with Crippen LogP contribution in [0.2, 0.25) is 0 Å². The Balaban J connectivity index is 1.77. The van der Waals surface area contributed by atoms with Crippen molar-refractivity contribution in [1.82, 2.24) is 0 Å². The number of carbonyl (C=O) groups excluding carboxylic acids is 1. The third-order valence-electron chi connectivity index (χ3n) is 4.53. The largest absolute Gasteiger partial charge is 0.490 e. The van der Waals surface area contributed by atoms with Gasteiger partial charge in [-0.25, -0.2) is 8.42 Å². The summed E-state index contributed by atoms with van der Waals surface area (Å²) in [5.74, 6) is 0.199. The predicted molar refractivity (Wildman–Crippen MR) is 122 cm³/mol. The van der Waals surface area contributed by atoms with Crippen LogP contribution in [0.3, 0.4) is 0 Å². The van der Waals surface area contributed by atoms with Gasteiger partial charge in [0.05, 0.1) is 30.1 Å². The summed E-state index contributed by atoms with van der Waals surface area (Å²) in [6.45, 7) is 5.08. The second kappa shape index (κ2) is 10.9. The zero-order valence-electron chi connectivity index (χ0n) is 18.2. The lowest BCUT2D eigenvalue weighted by Gasteiger charge is -2.14. The van der Waals surface area contributed by atoms with E-state index in [1.54, 1.807) is 36.4 Å². The Morgan fingerprint density at radius 2 is 1.62 bits per heavy atom. The molecule has 0 radical (unpaired) electrons. The Morgan fingerprint density at radius 3 is 2.31 bits per heavy atom. The van der Waals surface area contributed by atoms with Crippen LogP contribution in [0.15, 0.2) is 70.2 Å². The molecule has 1 N–H and O–H groups in total. The lowest BCUT2D eigenvalue weighted by atomic mass is 10.2. The molecule has 0 aliphatic rings. The number of ether oxygens (including phenoxy) is 2. The lowest BCUT2D eigenvalue weighted by molar-refractivity contribution is 0.0995. The standard InChI is InChI=1S/C24H27NO6S/c1-3-13-29-21-11-10-19(16-22(21)30-14-4-2)25-24(26)23-18(12-15-31-23)17-32(27,28)20-8-6-5-7-9-20/h5-12,15-16H,3-4,13-14,17H2,1-2H3,(H,25,26). The van der Waals surface area contributed by atoms with E-state index in [1.807, 2.05) is 13.8 Å². The van der Waals surface area contributed by atoms with Gasteiger partial charge < -0.3 is 19.2 Å². The molecule has 170 valence electrons. The Labute approximate surface area is 188 Å². The molecule has 0 saturated heterocycles. The highest BCUT2D eigenvalue weighted by Gasteiger charge is 2.23. The molecule has 0 fully saturated rings. The van der Waals surface area contributed by atoms with Gasteiger partial charge >= 0.3 is 0 Å². The molecule has 0 unspecified atom stereocenters. The summed E-state index contributed by atoms with van der Waals surface area (Å²) < 4.78 is 42.2. The molecule has 0 atom stereocenters. The van der Waals surface area contributed by atoms with Crippen LogP contribution < -0.4 is 14.8 Å². The van der Waals surface area contributed by atoms with Gasteiger partial charge in [-0.05, 0) is 43.2 Å². The van der Waals surface area contributed by atoms with Crippen LogP contribution in [0.1, 0.15) is 42.8 Å². The van der Waals surface area contributed by atoms with Gasteiger partial charge in [0.15, 0.2) is 27.1 Å². The summed E-state index contributed by atoms with van der Waals surface area (Å²) in [7, 11) is -3.62. The molecule has 1 heterocycles. The van der Waals surface area contributed by atoms with Crippen LogP contribution in [0.5, 0.6) is 11.5 Å². The maximum atomic E-state index is 12.8. The molecule has 1 amide bonds. The van der Waals surface area contributed by atoms with Crippen molar-refractivity contribution in [2.45, 2.75) is 37.3 Å². The maximum Gasteiger partial charge on any atom is 0.291 e. The molecular weight excluding hydrogens is 430 g/mol. The molecule has 3 rings (SSSR count). The highest BCUT2D eigenvalue weighted by atomic mass is 32.2. The van der Waals surface area contributed by atoms with E-state index >= 15 is 0 Å². The SMILES string of the molecule is CCCOc1ccc(NC(=O)c2occc2CS(=O)(=O)c2ccccc2)cc1OCCC. The molecule has 0 aliphatic carbocycles. The Bertz CT molecular complexity index is 1140. The maximum absolute atomic E-state index is 12.8. The fourth-order valence-electron chi connectivity index (χ4n) is 2.99. The lowest BCUT2D eigenvalue weighted by Crippen LogP contribution is -2.15. The highest BCUT2D eigenvalue weighted by molar-refractivity contribution is 7.90. The summed E-state index contributed by atoms with van der Waals surface area (Å²) in [5.41, 5.74) is 0.773. The van der Waals surface area contributed by atoms with Gasteiger partial charge in [0, 0.05) is 17.3 Å². The van der Waals surface area contributed by atoms with E-state index in [0.29, 0.717) is 30.4 Å². The molecule has 0 spiro atoms. The second-order valence-corrected chi connectivity index (χ2v) is 9.15. The van der Waals surface area contributed by atoms with Crippen molar-refractivity contribution in [2.75, 3.05) is 18.5 Å². The molecular formula is C24H27NO6S. The van der Waals surface area contributed by atoms with Gasteiger partial charge in [0.2, 0.25) is 0 Å². The van der Waals surface area contributed by atoms with E-state index < -0.39 is 15.7 Å². The van der Waals surface area contributed by atoms with Gasteiger partial charge in [0.1, 0.15) is 0 Å². The quantitative estimate of drug-likeness (QED) is 0.431. The molecule has 8 heteroatoms. The van der Waals surface area contributed by atoms with E-state index in [2.05, 4.69) is 5.32 Å². The minimum absolute atomic E-state index is 0.0492. The molecule has 1 aromatic heterocycles. The summed E-state index contributed by atoms with van der Waals surface area (Å²) in [6.07, 6.45) is 3.00. The van der Waals surface area contributed by atoms with Crippen LogP contribution in [0.4, 0.5) is 5.69 Å². The summed E-state index contributed by atoms with van der Waals surface area (Å²) in [6, 6.07) is 14.7. The number of amides is 1. The Kier molecular flexibility index (Phi) is 7.94. The average Bonchev–Trinajstić information content (AvgIpc) is 3.25. The third-order valence-corrected chi connectivity index (χ3v) is 6.21. The molecule has 2 aromatic carbocycles. The van der Waals surface area contributed by atoms with Gasteiger partial charge in [-0.3, -0.25) is 4.79 Å². The number of nitrogens with one attached hydrogen (secondary N) is 1. The first kappa shape index (κ1) is 23.4. The minimum atomic E-state index is -3.62. The summed E-state index contributed by atoms with van der Waals surface area (Å²) >= 11 is 0. The van der Waals surface area contributed by atoms with Gasteiger partial charge in [-0.1, -0.05) is 32.0 Å². The van der Waals surface area contributed by atoms with Gasteiger partial charge in [0.25, 0.3) is 5.91 Å². The van der Waals surface area contributed by atoms with Gasteiger partial charge in [-0.2, -0.15) is 0 Å². The van der Waals surface area contributed by atoms with Crippen molar-refractivity contribution < 1.29 is 27.1 Å². The number of benzene rings is 2. The molecule has 0 aliphatic heterocycles. The highest BCUT2D eigenvalue weighted by Crippen LogP contribution is 2.31. The number of furan rings is 1. The van der Waals surface area contributed by atoms with E-state index in [9.17, 15) is 13.2 Å². The number of hydrogen-bond acceptors (Lipinski definition) is 6. The fourth-order valence-corrected chi connectivity index (χ4v) is 4.37. The first-order chi connectivity index (χ1) is 15.4.